The first-order valence-corrected chi connectivity index (χ1v) is 15.8. The minimum atomic E-state index is -1.64. The molecule has 0 bridgehead atoms. The normalized spacial score (nSPS) is 26.9. The molecule has 2 N–H and O–H groups in total. The fraction of sp³-hybridized carbons (Fsp3) is 0.424. The van der Waals surface area contributed by atoms with Crippen LogP contribution < -0.4 is 0 Å². The zero-order valence-electron chi connectivity index (χ0n) is 26.4. The van der Waals surface area contributed by atoms with E-state index in [1.165, 1.54) is 0 Å². The van der Waals surface area contributed by atoms with E-state index in [1.807, 2.05) is 91.0 Å². The molecule has 0 radical (unpaired) electrons. The average Bonchev–Trinajstić information content (AvgIpc) is 3.13. The van der Waals surface area contributed by atoms with Crippen molar-refractivity contribution in [3.63, 3.8) is 0 Å². The molecule has 16 nitrogen and oxygen atoms in total. The number of benzene rings is 3. The van der Waals surface area contributed by atoms with E-state index in [-0.39, 0.29) is 26.0 Å². The van der Waals surface area contributed by atoms with Crippen molar-refractivity contribution in [3.05, 3.63) is 139 Å². The van der Waals surface area contributed by atoms with Crippen LogP contribution in [-0.4, -0.2) is 70.0 Å². The molecule has 1 saturated carbocycles. The van der Waals surface area contributed by atoms with Crippen molar-refractivity contribution in [1.29, 1.82) is 0 Å². The summed E-state index contributed by atoms with van der Waals surface area (Å²) in [6.07, 6.45) is -6.55. The highest BCUT2D eigenvalue weighted by Crippen LogP contribution is 2.38. The van der Waals surface area contributed by atoms with Gasteiger partial charge in [0.2, 0.25) is 0 Å². The largest absolute Gasteiger partial charge is 0.445 e. The zero-order chi connectivity index (χ0) is 34.6. The van der Waals surface area contributed by atoms with Crippen LogP contribution in [0.15, 0.2) is 106 Å². The molecule has 3 aromatic carbocycles. The van der Waals surface area contributed by atoms with Crippen LogP contribution in [0.3, 0.4) is 0 Å². The van der Waals surface area contributed by atoms with Crippen LogP contribution in [0.5, 0.6) is 0 Å². The lowest BCUT2D eigenvalue weighted by molar-refractivity contribution is -0.260. The van der Waals surface area contributed by atoms with Gasteiger partial charge in [-0.25, -0.2) is 4.79 Å². The van der Waals surface area contributed by atoms with Crippen LogP contribution in [0.4, 0.5) is 4.79 Å². The molecule has 2 fully saturated rings. The van der Waals surface area contributed by atoms with Gasteiger partial charge >= 0.3 is 6.09 Å². The number of hydrogen-bond acceptors (Lipinski definition) is 9. The monoisotopic (exact) mass is 668 g/mol. The molecule has 1 amide bonds. The smallest absolute Gasteiger partial charge is 0.411 e. The Balaban J connectivity index is 1.48. The van der Waals surface area contributed by atoms with Gasteiger partial charge in [0.15, 0.2) is 6.29 Å². The Morgan fingerprint density at radius 2 is 1.37 bits per heavy atom. The van der Waals surface area contributed by atoms with E-state index in [2.05, 4.69) is 30.1 Å². The van der Waals surface area contributed by atoms with Gasteiger partial charge in [-0.15, -0.1) is 0 Å². The lowest BCUT2D eigenvalue weighted by Gasteiger charge is -2.45. The summed E-state index contributed by atoms with van der Waals surface area (Å²) in [6.45, 7) is 0.217. The van der Waals surface area contributed by atoms with Crippen LogP contribution in [-0.2, 0) is 27.4 Å². The number of ether oxygens (including phenoxy) is 3. The summed E-state index contributed by atoms with van der Waals surface area (Å²) >= 11 is 0. The Labute approximate surface area is 281 Å². The molecule has 1 aliphatic heterocycles. The highest BCUT2D eigenvalue weighted by atomic mass is 16.7. The number of hydrogen-bond donors (Lipinski definition) is 2. The lowest BCUT2D eigenvalue weighted by atomic mass is 9.84. The predicted molar refractivity (Wildman–Crippen MR) is 176 cm³/mol. The second-order valence-corrected chi connectivity index (χ2v) is 11.8. The first-order chi connectivity index (χ1) is 23.9. The zero-order valence-corrected chi connectivity index (χ0v) is 26.4. The van der Waals surface area contributed by atoms with E-state index in [9.17, 15) is 26.1 Å². The van der Waals surface area contributed by atoms with E-state index >= 15 is 0 Å². The first kappa shape index (κ1) is 35.0. The molecule has 1 saturated heterocycles. The summed E-state index contributed by atoms with van der Waals surface area (Å²) in [5.74, 6) is 0. The minimum absolute atomic E-state index is 0.0439. The number of carbonyl (C=O) groups excluding carboxylic acids is 1. The highest BCUT2D eigenvalue weighted by molar-refractivity contribution is 5.68. The minimum Gasteiger partial charge on any atom is -0.445 e. The fourth-order valence-electron chi connectivity index (χ4n) is 6.30. The Morgan fingerprint density at radius 1 is 0.796 bits per heavy atom. The molecule has 1 heterocycles. The fourth-order valence-corrected chi connectivity index (χ4v) is 6.30. The van der Waals surface area contributed by atoms with Crippen LogP contribution in [0, 0.1) is 0 Å². The van der Waals surface area contributed by atoms with E-state index in [0.29, 0.717) is 6.42 Å². The maximum Gasteiger partial charge on any atom is 0.411 e. The Hall–Kier alpha value is -5.30. The number of carbonyl (C=O) groups is 1. The predicted octanol–water partition coefficient (Wildman–Crippen LogP) is 6.62. The van der Waals surface area contributed by atoms with Gasteiger partial charge in [0.1, 0.15) is 12.7 Å². The third kappa shape index (κ3) is 8.79. The van der Waals surface area contributed by atoms with Crippen LogP contribution in [0.2, 0.25) is 0 Å². The highest BCUT2D eigenvalue weighted by Gasteiger charge is 2.47. The van der Waals surface area contributed by atoms with Crippen molar-refractivity contribution in [2.45, 2.75) is 87.3 Å². The molecule has 5 rings (SSSR count). The van der Waals surface area contributed by atoms with Crippen LogP contribution >= 0.6 is 0 Å². The molecule has 254 valence electrons. The maximum absolute atomic E-state index is 14.0. The van der Waals surface area contributed by atoms with Crippen molar-refractivity contribution >= 4 is 6.09 Å². The second-order valence-electron chi connectivity index (χ2n) is 11.8. The third-order valence-electron chi connectivity index (χ3n) is 8.67. The summed E-state index contributed by atoms with van der Waals surface area (Å²) in [7, 11) is 0. The molecule has 3 unspecified atom stereocenters. The van der Waals surface area contributed by atoms with Crippen molar-refractivity contribution in [2.75, 3.05) is 0 Å². The van der Waals surface area contributed by atoms with Crippen molar-refractivity contribution in [2.24, 2.45) is 15.3 Å². The number of nitrogens with zero attached hydrogens (tertiary/aromatic N) is 10. The topological polar surface area (TPSA) is 235 Å². The quantitative estimate of drug-likeness (QED) is 0.122. The van der Waals surface area contributed by atoms with Crippen LogP contribution in [0.1, 0.15) is 42.0 Å². The first-order valence-electron chi connectivity index (χ1n) is 15.8. The second kappa shape index (κ2) is 17.2. The van der Waals surface area contributed by atoms with Gasteiger partial charge in [0, 0.05) is 21.3 Å². The van der Waals surface area contributed by atoms with Gasteiger partial charge in [0.05, 0.1) is 42.5 Å². The molecule has 49 heavy (non-hydrogen) atoms. The Morgan fingerprint density at radius 3 is 2.00 bits per heavy atom. The number of rotatable bonds is 12. The van der Waals surface area contributed by atoms with E-state index in [0.717, 1.165) is 16.7 Å². The van der Waals surface area contributed by atoms with Crippen LogP contribution in [0.25, 0.3) is 31.3 Å². The molecule has 9 atom stereocenters. The summed E-state index contributed by atoms with van der Waals surface area (Å²) in [4.78, 5) is 24.2. The van der Waals surface area contributed by atoms with Gasteiger partial charge in [-0.05, 0) is 52.5 Å². The van der Waals surface area contributed by atoms with E-state index < -0.39 is 61.0 Å². The van der Waals surface area contributed by atoms with Gasteiger partial charge in [-0.2, -0.15) is 0 Å². The Bertz CT molecular complexity index is 1670. The SMILES string of the molecule is [N-]=[N+]=NC1CC[C@@H]([C@@H](c2ccccc2)N(Cc2ccccc2)C(=O)OCc2ccccc2)O[C@@H]1O[C@@H]1C(N=[N+]=[N-])CC(N=[N+]=[N-])[C@H](O)[C@H]1O. The molecule has 0 spiro atoms. The summed E-state index contributed by atoms with van der Waals surface area (Å²) in [5.41, 5.74) is 30.0. The number of azide groups is 3. The molecule has 2 aliphatic rings. The molecule has 3 aromatic rings. The average molecular weight is 669 g/mol. The van der Waals surface area contributed by atoms with Gasteiger partial charge in [-0.3, -0.25) is 4.90 Å². The van der Waals surface area contributed by atoms with Crippen molar-refractivity contribution < 1.29 is 29.2 Å². The molecular weight excluding hydrogens is 632 g/mol. The Kier molecular flexibility index (Phi) is 12.3. The van der Waals surface area contributed by atoms with Crippen molar-refractivity contribution in [3.8, 4) is 0 Å². The molecule has 0 aromatic heterocycles. The standard InChI is InChI=1S/C33H36N10O6/c34-40-37-24-16-17-27(48-32(24)49-31-26(39-42-36)18-25(38-41-35)29(44)30(31)45)28(23-14-8-3-9-15-23)43(19-21-10-4-1-5-11-21)33(46)47-20-22-12-6-2-7-13-22/h1-15,24-32,44-45H,16-20H2/t24?,25?,26?,27-,28+,29-,30+,31+,32+/m0/s1. The summed E-state index contributed by atoms with van der Waals surface area (Å²) in [6, 6.07) is 24.4. The third-order valence-corrected chi connectivity index (χ3v) is 8.67. The number of aliphatic hydroxyl groups is 2. The molecule has 16 heteroatoms. The molecular formula is C33H36N10O6. The molecule has 1 aliphatic carbocycles. The van der Waals surface area contributed by atoms with Crippen molar-refractivity contribution in [1.82, 2.24) is 4.90 Å². The van der Waals surface area contributed by atoms with Gasteiger partial charge < -0.3 is 24.4 Å². The lowest BCUT2D eigenvalue weighted by Crippen LogP contribution is -2.58. The summed E-state index contributed by atoms with van der Waals surface area (Å²) < 4.78 is 18.6. The van der Waals surface area contributed by atoms with Gasteiger partial charge in [-0.1, -0.05) is 106 Å². The van der Waals surface area contributed by atoms with E-state index in [1.54, 1.807) is 4.90 Å². The summed E-state index contributed by atoms with van der Waals surface area (Å²) in [5, 5.41) is 32.9. The van der Waals surface area contributed by atoms with E-state index in [4.69, 9.17) is 19.7 Å². The number of aliphatic hydroxyl groups excluding tert-OH is 2. The van der Waals surface area contributed by atoms with Gasteiger partial charge in [0.25, 0.3) is 0 Å². The number of amides is 1. The maximum atomic E-state index is 14.0.